The molecule has 7 nitrogen and oxygen atoms in total. The van der Waals surface area contributed by atoms with Gasteiger partial charge < -0.3 is 0 Å². The average Bonchev–Trinajstić information content (AvgIpc) is 3.37. The molecule has 0 bridgehead atoms. The summed E-state index contributed by atoms with van der Waals surface area (Å²) in [6.07, 6.45) is -4.61. The van der Waals surface area contributed by atoms with E-state index in [2.05, 4.69) is 0 Å². The van der Waals surface area contributed by atoms with Crippen molar-refractivity contribution in [2.75, 3.05) is 11.9 Å². The molecule has 0 spiro atoms. The Morgan fingerprint density at radius 3 is 1.49 bits per heavy atom. The van der Waals surface area contributed by atoms with Crippen LogP contribution in [0.5, 0.6) is 0 Å². The Morgan fingerprint density at radius 2 is 1.00 bits per heavy atom. The van der Waals surface area contributed by atoms with Crippen LogP contribution in [-0.4, -0.2) is 47.5 Å². The molecule has 0 aliphatic carbocycles. The van der Waals surface area contributed by atoms with Gasteiger partial charge in [0.25, 0.3) is 23.6 Å². The first-order valence-corrected chi connectivity index (χ1v) is 14.8. The van der Waals surface area contributed by atoms with Crippen LogP contribution in [0.15, 0.2) is 60.7 Å². The molecule has 6 rings (SSSR count). The highest BCUT2D eigenvalue weighted by Gasteiger charge is 2.44. The van der Waals surface area contributed by atoms with Crippen molar-refractivity contribution in [3.8, 4) is 0 Å². The maximum Gasteiger partial charge on any atom is 0.399 e. The quantitative estimate of drug-likeness (QED) is 0.171. The highest BCUT2D eigenvalue weighted by molar-refractivity contribution is 6.35. The van der Waals surface area contributed by atoms with Crippen LogP contribution in [0.2, 0.25) is 0 Å². The van der Waals surface area contributed by atoms with Crippen LogP contribution in [0.4, 0.5) is 18.9 Å². The van der Waals surface area contributed by atoms with Gasteiger partial charge in [0.1, 0.15) is 5.92 Å². The van der Waals surface area contributed by atoms with Gasteiger partial charge in [0.2, 0.25) is 0 Å². The number of alkyl halides is 3. The number of amides is 4. The average molecular weight is 639 g/mol. The number of hydrogen-bond acceptors (Lipinski definition) is 5. The molecule has 2 aliphatic rings. The van der Waals surface area contributed by atoms with Crippen molar-refractivity contribution in [1.82, 2.24) is 4.90 Å². The van der Waals surface area contributed by atoms with Gasteiger partial charge in [-0.25, -0.2) is 4.90 Å². The van der Waals surface area contributed by atoms with Gasteiger partial charge in [0.15, 0.2) is 5.78 Å². The summed E-state index contributed by atoms with van der Waals surface area (Å²) in [7, 11) is 1.35. The number of ketones is 1. The largest absolute Gasteiger partial charge is 0.399 e. The topological polar surface area (TPSA) is 91.8 Å². The number of rotatable bonds is 5. The number of anilines is 1. The van der Waals surface area contributed by atoms with Crippen LogP contribution in [0, 0.1) is 34.6 Å². The summed E-state index contributed by atoms with van der Waals surface area (Å²) < 4.78 is 43.8. The van der Waals surface area contributed by atoms with Gasteiger partial charge in [0, 0.05) is 18.2 Å². The number of imide groups is 2. The molecule has 2 aliphatic heterocycles. The van der Waals surface area contributed by atoms with E-state index in [4.69, 9.17) is 0 Å². The van der Waals surface area contributed by atoms with Crippen molar-refractivity contribution < 1.29 is 37.1 Å². The van der Waals surface area contributed by atoms with E-state index in [9.17, 15) is 37.1 Å². The number of carbonyl (C=O) groups excluding carboxylic acids is 5. The number of hydrogen-bond donors (Lipinski definition) is 0. The molecular weight excluding hydrogens is 609 g/mol. The van der Waals surface area contributed by atoms with E-state index >= 15 is 0 Å². The predicted molar refractivity (Wildman–Crippen MR) is 168 cm³/mol. The second-order valence-corrected chi connectivity index (χ2v) is 12.2. The molecule has 0 fully saturated rings. The highest BCUT2D eigenvalue weighted by atomic mass is 19.4. The fourth-order valence-corrected chi connectivity index (χ4v) is 6.57. The number of fused-ring (bicyclic) bond motifs is 2. The summed E-state index contributed by atoms with van der Waals surface area (Å²) in [6.45, 7) is 8.51. The Hall–Kier alpha value is -5.38. The fourth-order valence-electron chi connectivity index (χ4n) is 6.57. The summed E-state index contributed by atoms with van der Waals surface area (Å²) in [5.74, 6) is -4.83. The van der Waals surface area contributed by atoms with E-state index in [0.717, 1.165) is 26.5 Å². The van der Waals surface area contributed by atoms with Crippen molar-refractivity contribution in [3.63, 3.8) is 0 Å². The molecule has 0 saturated carbocycles. The van der Waals surface area contributed by atoms with Gasteiger partial charge in [-0.3, -0.25) is 28.9 Å². The first-order valence-electron chi connectivity index (χ1n) is 14.8. The first kappa shape index (κ1) is 31.6. The van der Waals surface area contributed by atoms with Gasteiger partial charge in [0.05, 0.1) is 27.9 Å². The van der Waals surface area contributed by atoms with Crippen LogP contribution >= 0.6 is 0 Å². The Kier molecular flexibility index (Phi) is 7.30. The van der Waals surface area contributed by atoms with Crippen molar-refractivity contribution in [1.29, 1.82) is 0 Å². The van der Waals surface area contributed by atoms with E-state index in [0.29, 0.717) is 11.1 Å². The normalized spacial score (nSPS) is 15.0. The lowest BCUT2D eigenvalue weighted by Gasteiger charge is -2.26. The minimum atomic E-state index is -4.61. The summed E-state index contributed by atoms with van der Waals surface area (Å²) in [5, 5.41) is 0. The van der Waals surface area contributed by atoms with Gasteiger partial charge >= 0.3 is 6.18 Å². The van der Waals surface area contributed by atoms with Gasteiger partial charge in [-0.2, -0.15) is 13.2 Å². The molecule has 10 heteroatoms. The van der Waals surface area contributed by atoms with Crippen molar-refractivity contribution >= 4 is 35.1 Å². The third-order valence-electron chi connectivity index (χ3n) is 9.18. The lowest BCUT2D eigenvalue weighted by atomic mass is 9.85. The predicted octanol–water partition coefficient (Wildman–Crippen LogP) is 7.18. The lowest BCUT2D eigenvalue weighted by Crippen LogP contribution is -2.31. The Labute approximate surface area is 268 Å². The second-order valence-electron chi connectivity index (χ2n) is 12.2. The second kappa shape index (κ2) is 10.9. The molecule has 0 saturated heterocycles. The third kappa shape index (κ3) is 4.95. The summed E-state index contributed by atoms with van der Waals surface area (Å²) in [5.41, 5.74) is 3.79. The fraction of sp³-hybridized carbons (Fsp3) is 0.216. The monoisotopic (exact) mass is 638 g/mol. The number of aryl methyl sites for hydroxylation is 4. The molecule has 0 N–H and O–H groups in total. The Balaban J connectivity index is 1.35. The molecule has 0 radical (unpaired) electrons. The molecule has 238 valence electrons. The molecular formula is C37H29F3N2O5. The van der Waals surface area contributed by atoms with Crippen molar-refractivity contribution in [2.45, 2.75) is 46.7 Å². The zero-order chi connectivity index (χ0) is 34.3. The van der Waals surface area contributed by atoms with Crippen molar-refractivity contribution in [3.05, 3.63) is 133 Å². The minimum absolute atomic E-state index is 0.0101. The summed E-state index contributed by atoms with van der Waals surface area (Å²) in [4.78, 5) is 67.3. The zero-order valence-electron chi connectivity index (χ0n) is 26.4. The van der Waals surface area contributed by atoms with E-state index in [1.165, 1.54) is 55.6 Å². The Bertz CT molecular complexity index is 2070. The maximum atomic E-state index is 14.6. The SMILES string of the molecule is Cc1cc(C(c2cc(C)c(N3C(=O)c4ccc(C(=O)c5ccc6c(c5)C(=O)N(C)C6=O)cc4C3=O)c(C)c2)C(F)(F)F)cc(C)c1C. The molecule has 4 aromatic rings. The zero-order valence-corrected chi connectivity index (χ0v) is 26.4. The smallest absolute Gasteiger partial charge is 0.289 e. The summed E-state index contributed by atoms with van der Waals surface area (Å²) in [6, 6.07) is 14.0. The van der Waals surface area contributed by atoms with E-state index in [1.54, 1.807) is 39.8 Å². The number of halogens is 3. The molecule has 47 heavy (non-hydrogen) atoms. The summed E-state index contributed by atoms with van der Waals surface area (Å²) >= 11 is 0. The molecule has 2 heterocycles. The maximum absolute atomic E-state index is 14.6. The number of carbonyl (C=O) groups is 5. The van der Waals surface area contributed by atoms with Gasteiger partial charge in [-0.15, -0.1) is 0 Å². The van der Waals surface area contributed by atoms with Gasteiger partial charge in [-0.05, 0) is 97.8 Å². The van der Waals surface area contributed by atoms with E-state index < -0.39 is 41.5 Å². The van der Waals surface area contributed by atoms with E-state index in [1.807, 2.05) is 6.92 Å². The molecule has 0 aromatic heterocycles. The Morgan fingerprint density at radius 1 is 0.596 bits per heavy atom. The van der Waals surface area contributed by atoms with Gasteiger partial charge in [-0.1, -0.05) is 36.4 Å². The van der Waals surface area contributed by atoms with Crippen molar-refractivity contribution in [2.24, 2.45) is 0 Å². The highest BCUT2D eigenvalue weighted by Crippen LogP contribution is 2.44. The minimum Gasteiger partial charge on any atom is -0.289 e. The molecule has 4 aromatic carbocycles. The number of nitrogens with zero attached hydrogens (tertiary/aromatic N) is 2. The molecule has 1 atom stereocenters. The molecule has 4 amide bonds. The van der Waals surface area contributed by atoms with E-state index in [-0.39, 0.29) is 50.2 Å². The number of benzene rings is 4. The molecule has 1 unspecified atom stereocenters. The van der Waals surface area contributed by atoms with Crippen LogP contribution in [0.25, 0.3) is 0 Å². The van der Waals surface area contributed by atoms with Crippen LogP contribution < -0.4 is 4.90 Å². The lowest BCUT2D eigenvalue weighted by molar-refractivity contribution is -0.141. The van der Waals surface area contributed by atoms with Crippen LogP contribution in [0.1, 0.15) is 102 Å². The van der Waals surface area contributed by atoms with Crippen LogP contribution in [0.3, 0.4) is 0 Å². The standard InChI is InChI=1S/C37H29F3N2O5/c1-17-11-24(12-18(2)21(17)5)30(37(38,39)40)25-13-19(3)31(20(4)14-25)42-35(46)27-10-8-23(16-29(27)36(42)47)32(43)22-7-9-26-28(15-22)34(45)41(6)33(26)44/h7-16,30H,1-6H3. The third-order valence-corrected chi connectivity index (χ3v) is 9.18. The van der Waals surface area contributed by atoms with Crippen LogP contribution in [-0.2, 0) is 0 Å². The first-order chi connectivity index (χ1) is 22.0.